The van der Waals surface area contributed by atoms with E-state index in [9.17, 15) is 5.11 Å². The molecule has 0 aromatic heterocycles. The van der Waals surface area contributed by atoms with E-state index in [4.69, 9.17) is 0 Å². The molecule has 396 valence electrons. The Balaban J connectivity index is 0.000000269. The Morgan fingerprint density at radius 1 is 0.352 bits per heavy atom. The number of hydrogen-bond donors (Lipinski definition) is 1. The van der Waals surface area contributed by atoms with E-state index in [1.807, 2.05) is 0 Å². The molecular weight excluding hydrogens is 1430 g/mol. The third kappa shape index (κ3) is 32.7. The zero-order valence-corrected chi connectivity index (χ0v) is 56.6. The van der Waals surface area contributed by atoms with Crippen LogP contribution in [0.5, 0.6) is 5.75 Å². The number of halogens is 5. The number of phenolic OH excluding ortho intramolecular Hbond substituents is 1. The molecule has 0 spiro atoms. The van der Waals surface area contributed by atoms with Gasteiger partial charge in [-0.05, 0) is 0 Å². The maximum absolute atomic E-state index is 9.38. The Bertz CT molecular complexity index is 2300. The van der Waals surface area contributed by atoms with Crippen LogP contribution in [-0.2, 0) is 12.8 Å². The van der Waals surface area contributed by atoms with Gasteiger partial charge in [0.1, 0.15) is 0 Å². The standard InChI is InChI=1S/C25H28I2.C19H24IO.C13H20I.C8H18I/c1-25(2,3)18-10-12-20-11-7-8-17-24(20)27-23-16-9-15-22(19-23)26-21-13-5-4-6-14-21;1-19(2,3)14-6-8-15-7-4-5-9-18(15)20-16-10-12-17(21)13-11-16;1-13(2,3)10-7-11-14-12-8-5-4-6-9-12;1-8(2,3)6-5-7-9-4/h4-9,11,13-17,19H,10,12,18H2,1-3H3;4-5,7,9-13,21H,6,8,14H2,1-3H3;4-6,8-9H,7,10-11H2,1-3H3;5-7H2,1-4H3/q-2;3*-1. The Morgan fingerprint density at radius 3 is 1.18 bits per heavy atom. The van der Waals surface area contributed by atoms with E-state index in [0.717, 1.165) is 0 Å². The van der Waals surface area contributed by atoms with Crippen LogP contribution in [0.1, 0.15) is 146 Å². The summed E-state index contributed by atoms with van der Waals surface area (Å²) in [4.78, 5) is 2.36. The molecule has 0 heterocycles. The van der Waals surface area contributed by atoms with Crippen molar-refractivity contribution in [2.45, 2.75) is 147 Å². The topological polar surface area (TPSA) is 20.2 Å². The average Bonchev–Trinajstić information content (AvgIpc) is 3.30. The second kappa shape index (κ2) is 34.4. The van der Waals surface area contributed by atoms with Crippen molar-refractivity contribution in [1.82, 2.24) is 0 Å². The van der Waals surface area contributed by atoms with Gasteiger partial charge in [-0.15, -0.1) is 0 Å². The molecule has 71 heavy (non-hydrogen) atoms. The first-order chi connectivity index (χ1) is 33.6. The zero-order chi connectivity index (χ0) is 52.2. The van der Waals surface area contributed by atoms with Crippen LogP contribution in [0.3, 0.4) is 0 Å². The van der Waals surface area contributed by atoms with Gasteiger partial charge in [-0.25, -0.2) is 0 Å². The minimum absolute atomic E-state index is 0.0777. The molecule has 0 fully saturated rings. The van der Waals surface area contributed by atoms with Crippen LogP contribution in [0.25, 0.3) is 0 Å². The van der Waals surface area contributed by atoms with E-state index in [-0.39, 0.29) is 84.8 Å². The number of aromatic hydroxyl groups is 1. The first kappa shape index (κ1) is 64.1. The van der Waals surface area contributed by atoms with Gasteiger partial charge in [-0.2, -0.15) is 0 Å². The number of hydrogen-bond acceptors (Lipinski definition) is 1. The van der Waals surface area contributed by atoms with Crippen LogP contribution in [0.15, 0.2) is 158 Å². The monoisotopic (exact) mass is 1520 g/mol. The van der Waals surface area contributed by atoms with Crippen molar-refractivity contribution in [2.24, 2.45) is 21.7 Å². The van der Waals surface area contributed by atoms with Gasteiger partial charge in [0.15, 0.2) is 0 Å². The molecule has 0 atom stereocenters. The number of aryl methyl sites for hydroxylation is 2. The quantitative estimate of drug-likeness (QED) is 0.0753. The van der Waals surface area contributed by atoms with Crippen molar-refractivity contribution < 1.29 is 111 Å². The molecule has 6 aromatic rings. The van der Waals surface area contributed by atoms with Crippen molar-refractivity contribution in [1.29, 1.82) is 0 Å². The molecule has 0 aliphatic heterocycles. The summed E-state index contributed by atoms with van der Waals surface area (Å²) >= 11 is 0.469. The van der Waals surface area contributed by atoms with Crippen molar-refractivity contribution in [3.8, 4) is 5.75 Å². The molecule has 0 amide bonds. The van der Waals surface area contributed by atoms with Crippen LogP contribution in [0, 0.1) is 46.7 Å². The second-order valence-corrected chi connectivity index (χ2v) is 37.5. The Labute approximate surface area is 487 Å². The summed E-state index contributed by atoms with van der Waals surface area (Å²) in [5, 5.41) is 9.38. The Hall–Kier alpha value is -1.23. The molecular formula is C65H90I5O-5. The molecule has 0 unspecified atom stereocenters. The maximum atomic E-state index is 9.38. The van der Waals surface area contributed by atoms with Crippen molar-refractivity contribution in [2.75, 3.05) is 13.8 Å². The summed E-state index contributed by atoms with van der Waals surface area (Å²) in [6.07, 6.45) is 13.1. The van der Waals surface area contributed by atoms with Gasteiger partial charge < -0.3 is 0 Å². The predicted octanol–water partition coefficient (Wildman–Crippen LogP) is 2.50. The molecule has 0 saturated heterocycles. The molecule has 0 saturated carbocycles. The molecule has 1 N–H and O–H groups in total. The van der Waals surface area contributed by atoms with Gasteiger partial charge in [0, 0.05) is 0 Å². The third-order valence-electron chi connectivity index (χ3n) is 10.9. The summed E-state index contributed by atoms with van der Waals surface area (Å²) in [7, 11) is 0. The normalized spacial score (nSPS) is 11.9. The number of rotatable bonds is 19. The molecule has 0 aliphatic rings. The van der Waals surface area contributed by atoms with E-state index in [0.29, 0.717) is 48.6 Å². The van der Waals surface area contributed by atoms with Gasteiger partial charge in [0.25, 0.3) is 0 Å². The SMILES string of the molecule is CC(C)(C)CCC[I-]c1ccccc1.CC(C)(C)CCCc1ccccc1[I-]c1ccc(O)cc1.CC(C)(C)CCCc1ccccc1[I-]c1cccc([I-]c2ccccc2)c1.C[I-]CCCC(C)(C)C. The fourth-order valence-electron chi connectivity index (χ4n) is 7.13. The molecule has 0 bridgehead atoms. The van der Waals surface area contributed by atoms with Gasteiger partial charge >= 0.3 is 493 Å². The van der Waals surface area contributed by atoms with Crippen LogP contribution < -0.4 is 106 Å². The minimum atomic E-state index is -0.163. The molecule has 6 heteroatoms. The van der Waals surface area contributed by atoms with Crippen molar-refractivity contribution in [3.63, 3.8) is 0 Å². The second-order valence-electron chi connectivity index (χ2n) is 22.9. The molecule has 1 nitrogen and oxygen atoms in total. The summed E-state index contributed by atoms with van der Waals surface area (Å²) in [6, 6.07) is 56.9. The van der Waals surface area contributed by atoms with E-state index < -0.39 is 0 Å². The van der Waals surface area contributed by atoms with Gasteiger partial charge in [-0.3, -0.25) is 0 Å². The Kier molecular flexibility index (Phi) is 31.1. The average molecular weight is 1520 g/mol. The first-order valence-corrected chi connectivity index (χ1v) is 38.5. The number of phenols is 1. The van der Waals surface area contributed by atoms with Gasteiger partial charge in [0.2, 0.25) is 0 Å². The molecule has 0 aliphatic carbocycles. The number of benzene rings is 6. The summed E-state index contributed by atoms with van der Waals surface area (Å²) in [5.74, 6) is 0.348. The van der Waals surface area contributed by atoms with Crippen molar-refractivity contribution in [3.05, 3.63) is 194 Å². The van der Waals surface area contributed by atoms with Gasteiger partial charge in [0.05, 0.1) is 0 Å². The third-order valence-corrected chi connectivity index (χ3v) is 24.2. The summed E-state index contributed by atoms with van der Waals surface area (Å²) in [5.41, 5.74) is 5.00. The van der Waals surface area contributed by atoms with Crippen LogP contribution in [-0.4, -0.2) is 18.9 Å². The molecule has 6 aromatic carbocycles. The number of alkyl halides is 3. The Morgan fingerprint density at radius 2 is 0.718 bits per heavy atom. The molecule has 6 rings (SSSR count). The molecule has 0 radical (unpaired) electrons. The fraction of sp³-hybridized carbons (Fsp3) is 0.446. The van der Waals surface area contributed by atoms with E-state index in [1.165, 1.54) is 92.9 Å². The van der Waals surface area contributed by atoms with Crippen LogP contribution >= 0.6 is 0 Å². The first-order valence-electron chi connectivity index (χ1n) is 25.7. The van der Waals surface area contributed by atoms with Gasteiger partial charge in [-0.1, -0.05) is 0 Å². The zero-order valence-electron chi connectivity index (χ0n) is 45.8. The van der Waals surface area contributed by atoms with Crippen LogP contribution in [0.4, 0.5) is 0 Å². The summed E-state index contributed by atoms with van der Waals surface area (Å²) in [6.45, 7) is 27.9. The van der Waals surface area contributed by atoms with E-state index in [1.54, 1.807) is 28.4 Å². The predicted molar refractivity (Wildman–Crippen MR) is 289 cm³/mol. The van der Waals surface area contributed by atoms with E-state index >= 15 is 0 Å². The van der Waals surface area contributed by atoms with E-state index in [2.05, 4.69) is 234 Å². The van der Waals surface area contributed by atoms with Crippen molar-refractivity contribution >= 4 is 0 Å². The summed E-state index contributed by atoms with van der Waals surface area (Å²) < 4.78 is 13.6. The van der Waals surface area contributed by atoms with Crippen LogP contribution in [0.2, 0.25) is 0 Å². The fourth-order valence-corrected chi connectivity index (χ4v) is 18.9.